The van der Waals surface area contributed by atoms with Crippen molar-refractivity contribution in [1.29, 1.82) is 5.26 Å². The van der Waals surface area contributed by atoms with E-state index in [1.807, 2.05) is 6.07 Å². The Morgan fingerprint density at radius 2 is 2.10 bits per heavy atom. The molecule has 1 N–H and O–H groups in total. The number of carbonyl (C=O) groups excluding carboxylic acids is 1. The van der Waals surface area contributed by atoms with Crippen molar-refractivity contribution in [3.8, 4) is 6.07 Å². The number of nitrogens with one attached hydrogen (secondary N) is 1. The lowest BCUT2D eigenvalue weighted by atomic mass is 10.1. The van der Waals surface area contributed by atoms with Crippen LogP contribution in [0.4, 0.5) is 4.39 Å². The van der Waals surface area contributed by atoms with Crippen LogP contribution in [0, 0.1) is 17.1 Å². The predicted molar refractivity (Wildman–Crippen MR) is 76.4 cm³/mol. The second kappa shape index (κ2) is 6.31. The zero-order valence-electron chi connectivity index (χ0n) is 10.4. The zero-order chi connectivity index (χ0) is 14.5. The van der Waals surface area contributed by atoms with Crippen LogP contribution in [0.5, 0.6) is 0 Å². The number of amides is 1. The molecule has 0 aliphatic rings. The molecular weight excluding hydrogens is 323 g/mol. The monoisotopic (exact) mass is 332 g/mol. The number of hydrogen-bond acceptors (Lipinski definition) is 2. The van der Waals surface area contributed by atoms with E-state index < -0.39 is 11.7 Å². The fourth-order valence-corrected chi connectivity index (χ4v) is 2.06. The van der Waals surface area contributed by atoms with Crippen molar-refractivity contribution < 1.29 is 9.18 Å². The Balaban J connectivity index is 2.09. The third kappa shape index (κ3) is 3.43. The number of benzene rings is 2. The van der Waals surface area contributed by atoms with Crippen LogP contribution in [0.15, 0.2) is 46.9 Å². The average Bonchev–Trinajstić information content (AvgIpc) is 2.47. The molecule has 0 fully saturated rings. The smallest absolute Gasteiger partial charge is 0.254 e. The van der Waals surface area contributed by atoms with Crippen LogP contribution >= 0.6 is 15.9 Å². The second-order valence-electron chi connectivity index (χ2n) is 4.12. The summed E-state index contributed by atoms with van der Waals surface area (Å²) in [5.41, 5.74) is 1.29. The van der Waals surface area contributed by atoms with Crippen molar-refractivity contribution in [2.45, 2.75) is 6.54 Å². The molecular formula is C15H10BrFN2O. The van der Waals surface area contributed by atoms with E-state index in [1.54, 1.807) is 24.3 Å². The maximum atomic E-state index is 13.5. The van der Waals surface area contributed by atoms with Gasteiger partial charge in [-0.05, 0) is 35.9 Å². The summed E-state index contributed by atoms with van der Waals surface area (Å²) in [7, 11) is 0. The third-order valence-corrected chi connectivity index (χ3v) is 3.18. The Labute approximate surface area is 124 Å². The minimum absolute atomic E-state index is 0.0178. The van der Waals surface area contributed by atoms with Crippen molar-refractivity contribution in [2.75, 3.05) is 0 Å². The minimum Gasteiger partial charge on any atom is -0.348 e. The molecule has 0 aliphatic carbocycles. The molecule has 2 aromatic rings. The highest BCUT2D eigenvalue weighted by atomic mass is 79.9. The molecule has 0 radical (unpaired) electrons. The molecule has 0 bridgehead atoms. The molecule has 5 heteroatoms. The van der Waals surface area contributed by atoms with Crippen LogP contribution in [0.1, 0.15) is 21.5 Å². The van der Waals surface area contributed by atoms with Crippen molar-refractivity contribution in [3.05, 3.63) is 69.4 Å². The van der Waals surface area contributed by atoms with Crippen LogP contribution in [-0.2, 0) is 6.54 Å². The SMILES string of the molecule is N#Cc1cccc(CNC(=O)c2cc(Br)ccc2F)c1. The van der Waals surface area contributed by atoms with Crippen LogP contribution in [-0.4, -0.2) is 5.91 Å². The van der Waals surface area contributed by atoms with Crippen LogP contribution in [0.25, 0.3) is 0 Å². The molecule has 3 nitrogen and oxygen atoms in total. The van der Waals surface area contributed by atoms with E-state index in [4.69, 9.17) is 5.26 Å². The first-order valence-corrected chi connectivity index (χ1v) is 6.62. The van der Waals surface area contributed by atoms with Gasteiger partial charge in [0.2, 0.25) is 0 Å². The molecule has 0 heterocycles. The summed E-state index contributed by atoms with van der Waals surface area (Å²) >= 11 is 3.20. The van der Waals surface area contributed by atoms with Gasteiger partial charge in [0.15, 0.2) is 0 Å². The summed E-state index contributed by atoms with van der Waals surface area (Å²) in [6.45, 7) is 0.236. The van der Waals surface area contributed by atoms with Gasteiger partial charge >= 0.3 is 0 Å². The van der Waals surface area contributed by atoms with E-state index in [2.05, 4.69) is 21.2 Å². The summed E-state index contributed by atoms with van der Waals surface area (Å²) in [5, 5.41) is 11.4. The van der Waals surface area contributed by atoms with E-state index >= 15 is 0 Å². The molecule has 0 aromatic heterocycles. The van der Waals surface area contributed by atoms with Crippen molar-refractivity contribution in [1.82, 2.24) is 5.32 Å². The molecule has 0 saturated heterocycles. The first-order valence-electron chi connectivity index (χ1n) is 5.82. The number of halogens is 2. The molecule has 2 rings (SSSR count). The first kappa shape index (κ1) is 14.2. The lowest BCUT2D eigenvalue weighted by Gasteiger charge is -2.07. The van der Waals surface area contributed by atoms with Crippen molar-refractivity contribution in [3.63, 3.8) is 0 Å². The van der Waals surface area contributed by atoms with Gasteiger partial charge in [-0.1, -0.05) is 28.1 Å². The Bertz CT molecular complexity index is 695. The van der Waals surface area contributed by atoms with Crippen molar-refractivity contribution in [2.24, 2.45) is 0 Å². The van der Waals surface area contributed by atoms with Gasteiger partial charge < -0.3 is 5.32 Å². The van der Waals surface area contributed by atoms with Gasteiger partial charge in [-0.15, -0.1) is 0 Å². The highest BCUT2D eigenvalue weighted by Crippen LogP contribution is 2.15. The van der Waals surface area contributed by atoms with E-state index in [0.29, 0.717) is 10.0 Å². The fraction of sp³-hybridized carbons (Fsp3) is 0.0667. The Morgan fingerprint density at radius 1 is 1.30 bits per heavy atom. The van der Waals surface area contributed by atoms with Crippen LogP contribution in [0.2, 0.25) is 0 Å². The first-order chi connectivity index (χ1) is 9.60. The lowest BCUT2D eigenvalue weighted by molar-refractivity contribution is 0.0947. The highest BCUT2D eigenvalue weighted by molar-refractivity contribution is 9.10. The van der Waals surface area contributed by atoms with Gasteiger partial charge in [0.25, 0.3) is 5.91 Å². The molecule has 2 aromatic carbocycles. The molecule has 20 heavy (non-hydrogen) atoms. The summed E-state index contributed by atoms with van der Waals surface area (Å²) in [6, 6.07) is 13.1. The standard InChI is InChI=1S/C15H10BrFN2O/c16-12-4-5-14(17)13(7-12)15(20)19-9-11-3-1-2-10(6-11)8-18/h1-7H,9H2,(H,19,20). The van der Waals surface area contributed by atoms with Crippen LogP contribution < -0.4 is 5.32 Å². The van der Waals surface area contributed by atoms with E-state index in [-0.39, 0.29) is 12.1 Å². The topological polar surface area (TPSA) is 52.9 Å². The van der Waals surface area contributed by atoms with Gasteiger partial charge in [-0.25, -0.2) is 4.39 Å². The molecule has 0 saturated carbocycles. The molecule has 0 aliphatic heterocycles. The Morgan fingerprint density at radius 3 is 2.85 bits per heavy atom. The molecule has 0 unspecified atom stereocenters. The van der Waals surface area contributed by atoms with Crippen LogP contribution in [0.3, 0.4) is 0 Å². The maximum absolute atomic E-state index is 13.5. The van der Waals surface area contributed by atoms with Crippen molar-refractivity contribution >= 4 is 21.8 Å². The molecule has 0 atom stereocenters. The number of carbonyl (C=O) groups is 1. The Hall–Kier alpha value is -2.19. The highest BCUT2D eigenvalue weighted by Gasteiger charge is 2.11. The van der Waals surface area contributed by atoms with E-state index in [1.165, 1.54) is 18.2 Å². The normalized spacial score (nSPS) is 9.85. The maximum Gasteiger partial charge on any atom is 0.254 e. The summed E-state index contributed by atoms with van der Waals surface area (Å²) in [6.07, 6.45) is 0. The number of nitrogens with zero attached hydrogens (tertiary/aromatic N) is 1. The molecule has 0 spiro atoms. The predicted octanol–water partition coefficient (Wildman–Crippen LogP) is 3.39. The average molecular weight is 333 g/mol. The summed E-state index contributed by atoms with van der Waals surface area (Å²) < 4.78 is 14.2. The second-order valence-corrected chi connectivity index (χ2v) is 5.03. The van der Waals surface area contributed by atoms with Gasteiger partial charge in [0.1, 0.15) is 5.82 Å². The van der Waals surface area contributed by atoms with E-state index in [9.17, 15) is 9.18 Å². The van der Waals surface area contributed by atoms with Gasteiger partial charge in [0, 0.05) is 11.0 Å². The fourth-order valence-electron chi connectivity index (χ4n) is 1.70. The summed E-state index contributed by atoms with van der Waals surface area (Å²) in [5.74, 6) is -1.07. The summed E-state index contributed by atoms with van der Waals surface area (Å²) in [4.78, 5) is 11.9. The van der Waals surface area contributed by atoms with E-state index in [0.717, 1.165) is 5.56 Å². The van der Waals surface area contributed by atoms with Gasteiger partial charge in [0.05, 0.1) is 17.2 Å². The largest absolute Gasteiger partial charge is 0.348 e. The number of rotatable bonds is 3. The van der Waals surface area contributed by atoms with Gasteiger partial charge in [-0.3, -0.25) is 4.79 Å². The third-order valence-electron chi connectivity index (χ3n) is 2.68. The molecule has 100 valence electrons. The number of nitriles is 1. The lowest BCUT2D eigenvalue weighted by Crippen LogP contribution is -2.23. The molecule has 1 amide bonds. The minimum atomic E-state index is -0.573. The van der Waals surface area contributed by atoms with Gasteiger partial charge in [-0.2, -0.15) is 5.26 Å². The quantitative estimate of drug-likeness (QED) is 0.936. The number of hydrogen-bond donors (Lipinski definition) is 1. The Kier molecular flexibility index (Phi) is 4.49. The zero-order valence-corrected chi connectivity index (χ0v) is 11.9.